The largest absolute Gasteiger partial charge is 0.312 e. The molecule has 0 aliphatic heterocycles. The van der Waals surface area contributed by atoms with Crippen molar-refractivity contribution in [1.82, 2.24) is 14.5 Å². The van der Waals surface area contributed by atoms with Crippen LogP contribution in [0.5, 0.6) is 0 Å². The summed E-state index contributed by atoms with van der Waals surface area (Å²) in [5.74, 6) is 0.884. The van der Waals surface area contributed by atoms with Crippen molar-refractivity contribution >= 4 is 11.2 Å². The van der Waals surface area contributed by atoms with Crippen LogP contribution in [-0.4, -0.2) is 14.5 Å². The molecule has 82 valence electrons. The number of hydrogen-bond acceptors (Lipinski definition) is 3. The number of nitriles is 1. The van der Waals surface area contributed by atoms with Gasteiger partial charge in [-0.15, -0.1) is 0 Å². The predicted molar refractivity (Wildman–Crippen MR) is 61.8 cm³/mol. The van der Waals surface area contributed by atoms with Gasteiger partial charge in [0, 0.05) is 12.7 Å². The molecule has 0 spiro atoms. The van der Waals surface area contributed by atoms with Crippen LogP contribution in [0, 0.1) is 31.1 Å². The van der Waals surface area contributed by atoms with Gasteiger partial charge in [0.05, 0.1) is 12.0 Å². The molecule has 2 rings (SSSR count). The molecule has 0 aliphatic carbocycles. The molecule has 0 amide bonds. The van der Waals surface area contributed by atoms with Crippen molar-refractivity contribution in [2.75, 3.05) is 0 Å². The average molecular weight is 214 g/mol. The molecule has 2 heterocycles. The Bertz CT molecular complexity index is 562. The van der Waals surface area contributed by atoms with E-state index in [-0.39, 0.29) is 5.92 Å². The van der Waals surface area contributed by atoms with E-state index in [0.717, 1.165) is 22.6 Å². The van der Waals surface area contributed by atoms with Crippen molar-refractivity contribution in [2.45, 2.75) is 27.3 Å². The van der Waals surface area contributed by atoms with E-state index >= 15 is 0 Å². The van der Waals surface area contributed by atoms with Gasteiger partial charge >= 0.3 is 0 Å². The number of imidazole rings is 1. The molecule has 0 saturated heterocycles. The number of pyridine rings is 1. The molecule has 0 saturated carbocycles. The van der Waals surface area contributed by atoms with Crippen LogP contribution in [0.3, 0.4) is 0 Å². The third-order valence-corrected chi connectivity index (χ3v) is 2.59. The Hall–Kier alpha value is -1.89. The maximum atomic E-state index is 8.84. The summed E-state index contributed by atoms with van der Waals surface area (Å²) in [6.07, 6.45) is 1.83. The van der Waals surface area contributed by atoms with E-state index in [1.807, 2.05) is 37.6 Å². The molecule has 0 bridgehead atoms. The van der Waals surface area contributed by atoms with Gasteiger partial charge in [0.25, 0.3) is 0 Å². The van der Waals surface area contributed by atoms with Crippen molar-refractivity contribution < 1.29 is 0 Å². The van der Waals surface area contributed by atoms with Gasteiger partial charge in [0.15, 0.2) is 5.65 Å². The monoisotopic (exact) mass is 214 g/mol. The summed E-state index contributed by atoms with van der Waals surface area (Å²) in [4.78, 5) is 8.83. The minimum atomic E-state index is -0.0285. The van der Waals surface area contributed by atoms with Crippen molar-refractivity contribution in [3.63, 3.8) is 0 Å². The standard InChI is InChI=1S/C12H14N4/c1-8-4-11-12(14-6-8)16(10(3)15-11)7-9(2)5-13/h4,6,9H,7H2,1-3H3. The van der Waals surface area contributed by atoms with Gasteiger partial charge in [-0.2, -0.15) is 5.26 Å². The fourth-order valence-corrected chi connectivity index (χ4v) is 1.76. The van der Waals surface area contributed by atoms with E-state index in [0.29, 0.717) is 6.54 Å². The quantitative estimate of drug-likeness (QED) is 0.770. The highest BCUT2D eigenvalue weighted by atomic mass is 15.1. The highest BCUT2D eigenvalue weighted by molar-refractivity contribution is 5.72. The van der Waals surface area contributed by atoms with Crippen LogP contribution >= 0.6 is 0 Å². The molecule has 4 heteroatoms. The highest BCUT2D eigenvalue weighted by Crippen LogP contribution is 2.16. The number of aromatic nitrogens is 3. The second-order valence-electron chi connectivity index (χ2n) is 4.16. The van der Waals surface area contributed by atoms with Gasteiger partial charge in [-0.05, 0) is 32.4 Å². The molecule has 4 nitrogen and oxygen atoms in total. The second-order valence-corrected chi connectivity index (χ2v) is 4.16. The van der Waals surface area contributed by atoms with Crippen LogP contribution in [0.25, 0.3) is 11.2 Å². The Morgan fingerprint density at radius 3 is 2.94 bits per heavy atom. The Morgan fingerprint density at radius 1 is 1.50 bits per heavy atom. The summed E-state index contributed by atoms with van der Waals surface area (Å²) in [5, 5.41) is 8.84. The number of rotatable bonds is 2. The Labute approximate surface area is 94.6 Å². The first-order valence-electron chi connectivity index (χ1n) is 5.31. The summed E-state index contributed by atoms with van der Waals surface area (Å²) >= 11 is 0. The zero-order valence-corrected chi connectivity index (χ0v) is 9.73. The molecule has 16 heavy (non-hydrogen) atoms. The van der Waals surface area contributed by atoms with Gasteiger partial charge < -0.3 is 4.57 Å². The van der Waals surface area contributed by atoms with Crippen molar-refractivity contribution in [3.05, 3.63) is 23.7 Å². The van der Waals surface area contributed by atoms with Gasteiger partial charge in [-0.25, -0.2) is 9.97 Å². The van der Waals surface area contributed by atoms with E-state index < -0.39 is 0 Å². The molecule has 0 N–H and O–H groups in total. The first kappa shape index (κ1) is 10.6. The fraction of sp³-hybridized carbons (Fsp3) is 0.417. The van der Waals surface area contributed by atoms with Crippen LogP contribution in [0.1, 0.15) is 18.3 Å². The van der Waals surface area contributed by atoms with E-state index in [2.05, 4.69) is 16.0 Å². The minimum Gasteiger partial charge on any atom is -0.312 e. The lowest BCUT2D eigenvalue weighted by molar-refractivity contribution is 0.577. The first-order valence-corrected chi connectivity index (χ1v) is 5.31. The van der Waals surface area contributed by atoms with Crippen LogP contribution in [-0.2, 0) is 6.54 Å². The lowest BCUT2D eigenvalue weighted by Gasteiger charge is -2.06. The summed E-state index contributed by atoms with van der Waals surface area (Å²) in [6.45, 7) is 6.49. The summed E-state index contributed by atoms with van der Waals surface area (Å²) in [5.41, 5.74) is 2.87. The molecular formula is C12H14N4. The molecule has 0 radical (unpaired) electrons. The van der Waals surface area contributed by atoms with Crippen molar-refractivity contribution in [1.29, 1.82) is 5.26 Å². The van der Waals surface area contributed by atoms with Crippen LogP contribution in [0.4, 0.5) is 0 Å². The van der Waals surface area contributed by atoms with Gasteiger partial charge in [0.2, 0.25) is 0 Å². The normalized spacial score (nSPS) is 12.6. The van der Waals surface area contributed by atoms with Crippen LogP contribution < -0.4 is 0 Å². The number of aryl methyl sites for hydroxylation is 2. The van der Waals surface area contributed by atoms with Gasteiger partial charge in [0.1, 0.15) is 11.3 Å². The third-order valence-electron chi connectivity index (χ3n) is 2.59. The number of fused-ring (bicyclic) bond motifs is 1. The summed E-state index contributed by atoms with van der Waals surface area (Å²) in [7, 11) is 0. The SMILES string of the molecule is Cc1cnc2c(c1)nc(C)n2CC(C)C#N. The molecule has 0 fully saturated rings. The van der Waals surface area contributed by atoms with Crippen molar-refractivity contribution in [3.8, 4) is 6.07 Å². The molecule has 1 unspecified atom stereocenters. The average Bonchev–Trinajstić information content (AvgIpc) is 2.54. The van der Waals surface area contributed by atoms with E-state index in [4.69, 9.17) is 5.26 Å². The topological polar surface area (TPSA) is 54.5 Å². The van der Waals surface area contributed by atoms with Gasteiger partial charge in [-0.3, -0.25) is 0 Å². The molecule has 0 aliphatic rings. The Balaban J connectivity index is 2.53. The second kappa shape index (κ2) is 3.93. The predicted octanol–water partition coefficient (Wildman–Crippen LogP) is 2.21. The highest BCUT2D eigenvalue weighted by Gasteiger charge is 2.11. The Morgan fingerprint density at radius 2 is 2.25 bits per heavy atom. The first-order chi connectivity index (χ1) is 7.61. The van der Waals surface area contributed by atoms with Crippen molar-refractivity contribution in [2.24, 2.45) is 5.92 Å². The zero-order valence-electron chi connectivity index (χ0n) is 9.73. The molecular weight excluding hydrogens is 200 g/mol. The lowest BCUT2D eigenvalue weighted by atomic mass is 10.2. The van der Waals surface area contributed by atoms with E-state index in [9.17, 15) is 0 Å². The van der Waals surface area contributed by atoms with E-state index in [1.54, 1.807) is 0 Å². The summed E-state index contributed by atoms with van der Waals surface area (Å²) in [6, 6.07) is 4.25. The Kier molecular flexibility index (Phi) is 2.61. The molecule has 0 aromatic carbocycles. The smallest absolute Gasteiger partial charge is 0.160 e. The summed E-state index contributed by atoms with van der Waals surface area (Å²) < 4.78 is 2.00. The third kappa shape index (κ3) is 1.76. The zero-order chi connectivity index (χ0) is 11.7. The molecule has 2 aromatic rings. The van der Waals surface area contributed by atoms with E-state index in [1.165, 1.54) is 0 Å². The maximum absolute atomic E-state index is 8.84. The fourth-order valence-electron chi connectivity index (χ4n) is 1.76. The minimum absolute atomic E-state index is 0.0285. The number of nitrogens with zero attached hydrogens (tertiary/aromatic N) is 4. The molecule has 2 aromatic heterocycles. The van der Waals surface area contributed by atoms with Crippen LogP contribution in [0.15, 0.2) is 12.3 Å². The maximum Gasteiger partial charge on any atom is 0.160 e. The van der Waals surface area contributed by atoms with Gasteiger partial charge in [-0.1, -0.05) is 0 Å². The number of hydrogen-bond donors (Lipinski definition) is 0. The van der Waals surface area contributed by atoms with Crippen LogP contribution in [0.2, 0.25) is 0 Å². The lowest BCUT2D eigenvalue weighted by Crippen LogP contribution is -2.08. The molecule has 1 atom stereocenters.